The van der Waals surface area contributed by atoms with E-state index in [1.54, 1.807) is 12.1 Å². The quantitative estimate of drug-likeness (QED) is 0.787. The standard InChI is InChI=1S/C9H9BrFN/c10-7-2-1-5(3-8(7)11)6-4-9(6)12/h1-3,6,9H,4,12H2/t6-,9+/m0/s1. The average molecular weight is 230 g/mol. The largest absolute Gasteiger partial charge is 0.327 e. The molecule has 0 radical (unpaired) electrons. The number of hydrogen-bond acceptors (Lipinski definition) is 1. The molecule has 1 aromatic carbocycles. The van der Waals surface area contributed by atoms with Gasteiger partial charge in [0, 0.05) is 12.0 Å². The summed E-state index contributed by atoms with van der Waals surface area (Å²) >= 11 is 3.11. The Kier molecular flexibility index (Phi) is 1.93. The maximum absolute atomic E-state index is 13.0. The Morgan fingerprint density at radius 3 is 2.67 bits per heavy atom. The molecule has 1 aliphatic rings. The second kappa shape index (κ2) is 2.82. The first-order valence-corrected chi connectivity index (χ1v) is 4.68. The lowest BCUT2D eigenvalue weighted by molar-refractivity contribution is 0.618. The van der Waals surface area contributed by atoms with Crippen LogP contribution in [-0.2, 0) is 0 Å². The zero-order valence-electron chi connectivity index (χ0n) is 6.43. The molecule has 64 valence electrons. The molecule has 12 heavy (non-hydrogen) atoms. The van der Waals surface area contributed by atoms with Crippen LogP contribution in [0, 0.1) is 5.82 Å². The van der Waals surface area contributed by atoms with Crippen molar-refractivity contribution in [1.82, 2.24) is 0 Å². The fourth-order valence-corrected chi connectivity index (χ4v) is 1.59. The van der Waals surface area contributed by atoms with Gasteiger partial charge in [0.1, 0.15) is 5.82 Å². The van der Waals surface area contributed by atoms with Crippen LogP contribution in [0.15, 0.2) is 22.7 Å². The van der Waals surface area contributed by atoms with Crippen LogP contribution in [0.3, 0.4) is 0 Å². The highest BCUT2D eigenvalue weighted by Gasteiger charge is 2.34. The molecular formula is C9H9BrFN. The van der Waals surface area contributed by atoms with E-state index in [1.807, 2.05) is 6.07 Å². The fraction of sp³-hybridized carbons (Fsp3) is 0.333. The lowest BCUT2D eigenvalue weighted by Crippen LogP contribution is -2.01. The monoisotopic (exact) mass is 229 g/mol. The molecule has 0 bridgehead atoms. The van der Waals surface area contributed by atoms with Crippen molar-refractivity contribution in [3.8, 4) is 0 Å². The third-order valence-electron chi connectivity index (χ3n) is 2.21. The fourth-order valence-electron chi connectivity index (χ4n) is 1.34. The van der Waals surface area contributed by atoms with Gasteiger partial charge in [0.15, 0.2) is 0 Å². The van der Waals surface area contributed by atoms with Crippen LogP contribution >= 0.6 is 15.9 Å². The lowest BCUT2D eigenvalue weighted by Gasteiger charge is -1.99. The van der Waals surface area contributed by atoms with Crippen LogP contribution in [0.25, 0.3) is 0 Å². The van der Waals surface area contributed by atoms with Gasteiger partial charge in [0.25, 0.3) is 0 Å². The Balaban J connectivity index is 2.29. The van der Waals surface area contributed by atoms with Crippen molar-refractivity contribution in [3.63, 3.8) is 0 Å². The minimum Gasteiger partial charge on any atom is -0.327 e. The summed E-state index contributed by atoms with van der Waals surface area (Å²) in [6.07, 6.45) is 0.987. The summed E-state index contributed by atoms with van der Waals surface area (Å²) < 4.78 is 13.5. The Labute approximate surface area is 78.9 Å². The van der Waals surface area contributed by atoms with E-state index in [9.17, 15) is 4.39 Å². The first kappa shape index (κ1) is 8.20. The summed E-state index contributed by atoms with van der Waals surface area (Å²) in [5, 5.41) is 0. The molecule has 0 aromatic heterocycles. The molecule has 1 aromatic rings. The second-order valence-corrected chi connectivity index (χ2v) is 4.03. The molecular weight excluding hydrogens is 221 g/mol. The summed E-state index contributed by atoms with van der Waals surface area (Å²) in [6, 6.07) is 5.45. The maximum atomic E-state index is 13.0. The van der Waals surface area contributed by atoms with Gasteiger partial charge in [0.2, 0.25) is 0 Å². The molecule has 2 atom stereocenters. The van der Waals surface area contributed by atoms with Gasteiger partial charge in [-0.25, -0.2) is 4.39 Å². The molecule has 0 amide bonds. The van der Waals surface area contributed by atoms with E-state index in [0.717, 1.165) is 12.0 Å². The first-order chi connectivity index (χ1) is 5.68. The van der Waals surface area contributed by atoms with Crippen molar-refractivity contribution in [3.05, 3.63) is 34.1 Å². The Hall–Kier alpha value is -0.410. The van der Waals surface area contributed by atoms with Crippen molar-refractivity contribution in [1.29, 1.82) is 0 Å². The Bertz CT molecular complexity index is 313. The second-order valence-electron chi connectivity index (χ2n) is 3.18. The van der Waals surface area contributed by atoms with E-state index in [0.29, 0.717) is 10.4 Å². The third-order valence-corrected chi connectivity index (χ3v) is 2.85. The van der Waals surface area contributed by atoms with Gasteiger partial charge in [-0.05, 0) is 40.0 Å². The van der Waals surface area contributed by atoms with E-state index in [1.165, 1.54) is 0 Å². The van der Waals surface area contributed by atoms with E-state index >= 15 is 0 Å². The number of hydrogen-bond donors (Lipinski definition) is 1. The Morgan fingerprint density at radius 1 is 1.50 bits per heavy atom. The van der Waals surface area contributed by atoms with Crippen LogP contribution in [0.4, 0.5) is 4.39 Å². The summed E-state index contributed by atoms with van der Waals surface area (Å²) in [6.45, 7) is 0. The molecule has 3 heteroatoms. The molecule has 0 heterocycles. The first-order valence-electron chi connectivity index (χ1n) is 3.89. The van der Waals surface area contributed by atoms with Gasteiger partial charge in [-0.3, -0.25) is 0 Å². The van der Waals surface area contributed by atoms with Crippen molar-refractivity contribution in [2.45, 2.75) is 18.4 Å². The van der Waals surface area contributed by atoms with Crippen LogP contribution in [0.5, 0.6) is 0 Å². The number of halogens is 2. The summed E-state index contributed by atoms with van der Waals surface area (Å²) in [7, 11) is 0. The van der Waals surface area contributed by atoms with Crippen LogP contribution in [-0.4, -0.2) is 6.04 Å². The van der Waals surface area contributed by atoms with Crippen molar-refractivity contribution in [2.24, 2.45) is 5.73 Å². The number of benzene rings is 1. The molecule has 0 saturated heterocycles. The molecule has 1 nitrogen and oxygen atoms in total. The highest BCUT2D eigenvalue weighted by molar-refractivity contribution is 9.10. The zero-order valence-corrected chi connectivity index (χ0v) is 8.01. The Morgan fingerprint density at radius 2 is 2.17 bits per heavy atom. The van der Waals surface area contributed by atoms with Gasteiger partial charge in [0.05, 0.1) is 4.47 Å². The third kappa shape index (κ3) is 1.39. The highest BCUT2D eigenvalue weighted by Crippen LogP contribution is 2.39. The van der Waals surface area contributed by atoms with Crippen molar-refractivity contribution >= 4 is 15.9 Å². The molecule has 0 unspecified atom stereocenters. The van der Waals surface area contributed by atoms with Gasteiger partial charge in [-0.2, -0.15) is 0 Å². The van der Waals surface area contributed by atoms with Gasteiger partial charge >= 0.3 is 0 Å². The average Bonchev–Trinajstić information content (AvgIpc) is 2.73. The molecule has 2 N–H and O–H groups in total. The molecule has 1 saturated carbocycles. The van der Waals surface area contributed by atoms with Crippen LogP contribution in [0.2, 0.25) is 0 Å². The van der Waals surface area contributed by atoms with E-state index in [2.05, 4.69) is 15.9 Å². The van der Waals surface area contributed by atoms with E-state index in [-0.39, 0.29) is 11.9 Å². The number of nitrogens with two attached hydrogens (primary N) is 1. The predicted molar refractivity (Wildman–Crippen MR) is 49.4 cm³/mol. The van der Waals surface area contributed by atoms with Crippen molar-refractivity contribution < 1.29 is 4.39 Å². The molecule has 0 aliphatic heterocycles. The summed E-state index contributed by atoms with van der Waals surface area (Å²) in [5.74, 6) is 0.180. The topological polar surface area (TPSA) is 26.0 Å². The van der Waals surface area contributed by atoms with Crippen LogP contribution < -0.4 is 5.73 Å². The van der Waals surface area contributed by atoms with Gasteiger partial charge < -0.3 is 5.73 Å². The summed E-state index contributed by atoms with van der Waals surface area (Å²) in [4.78, 5) is 0. The molecule has 0 spiro atoms. The van der Waals surface area contributed by atoms with Gasteiger partial charge in [-0.1, -0.05) is 6.07 Å². The minimum absolute atomic E-state index is 0.202. The van der Waals surface area contributed by atoms with E-state index < -0.39 is 0 Å². The van der Waals surface area contributed by atoms with Crippen LogP contribution in [0.1, 0.15) is 17.9 Å². The molecule has 1 aliphatic carbocycles. The highest BCUT2D eigenvalue weighted by atomic mass is 79.9. The lowest BCUT2D eigenvalue weighted by atomic mass is 10.1. The van der Waals surface area contributed by atoms with E-state index in [4.69, 9.17) is 5.73 Å². The smallest absolute Gasteiger partial charge is 0.137 e. The minimum atomic E-state index is -0.202. The van der Waals surface area contributed by atoms with Crippen molar-refractivity contribution in [2.75, 3.05) is 0 Å². The molecule has 2 rings (SSSR count). The predicted octanol–water partition coefficient (Wildman–Crippen LogP) is 2.40. The van der Waals surface area contributed by atoms with Gasteiger partial charge in [-0.15, -0.1) is 0 Å². The molecule has 1 fully saturated rings. The summed E-state index contributed by atoms with van der Waals surface area (Å²) in [5.41, 5.74) is 6.67. The normalized spacial score (nSPS) is 27.2. The zero-order chi connectivity index (χ0) is 8.72. The maximum Gasteiger partial charge on any atom is 0.137 e. The SMILES string of the molecule is N[C@@H]1C[C@H]1c1ccc(Br)c(F)c1. The number of rotatable bonds is 1.